The largest absolute Gasteiger partial charge is 0.352 e. The molecule has 1 saturated heterocycles. The molecule has 21 heavy (non-hydrogen) atoms. The van der Waals surface area contributed by atoms with E-state index in [1.807, 2.05) is 25.2 Å². The van der Waals surface area contributed by atoms with E-state index in [1.54, 1.807) is 0 Å². The monoisotopic (exact) mass is 308 g/mol. The first kappa shape index (κ1) is 14.5. The molecule has 1 aromatic carbocycles. The fourth-order valence-corrected chi connectivity index (χ4v) is 5.22. The third-order valence-corrected chi connectivity index (χ3v) is 6.26. The van der Waals surface area contributed by atoms with E-state index < -0.39 is 9.84 Å². The maximum Gasteiger partial charge on any atom is 0.251 e. The zero-order valence-electron chi connectivity index (χ0n) is 12.1. The van der Waals surface area contributed by atoms with E-state index in [9.17, 15) is 13.2 Å². The zero-order chi connectivity index (χ0) is 15.0. The Morgan fingerprint density at radius 1 is 1.38 bits per heavy atom. The lowest BCUT2D eigenvalue weighted by atomic mass is 9.89. The van der Waals surface area contributed by atoms with Crippen LogP contribution in [0.2, 0.25) is 0 Å². The van der Waals surface area contributed by atoms with Crippen molar-refractivity contribution in [3.8, 4) is 0 Å². The van der Waals surface area contributed by atoms with Crippen molar-refractivity contribution >= 4 is 15.7 Å². The quantitative estimate of drug-likeness (QED) is 0.860. The Labute approximate surface area is 125 Å². The van der Waals surface area contributed by atoms with E-state index in [2.05, 4.69) is 10.6 Å². The van der Waals surface area contributed by atoms with Crippen LogP contribution in [0.25, 0.3) is 0 Å². The van der Waals surface area contributed by atoms with E-state index in [4.69, 9.17) is 0 Å². The number of hydrogen-bond acceptors (Lipinski definition) is 4. The summed E-state index contributed by atoms with van der Waals surface area (Å²) in [5.41, 5.74) is 2.78. The lowest BCUT2D eigenvalue weighted by molar-refractivity contribution is 0.0946. The summed E-state index contributed by atoms with van der Waals surface area (Å²) >= 11 is 0. The van der Waals surface area contributed by atoms with Crippen molar-refractivity contribution in [2.45, 2.75) is 18.9 Å². The normalized spacial score (nSPS) is 25.2. The van der Waals surface area contributed by atoms with Crippen LogP contribution in [-0.4, -0.2) is 39.4 Å². The van der Waals surface area contributed by atoms with Crippen molar-refractivity contribution in [1.82, 2.24) is 10.6 Å². The summed E-state index contributed by atoms with van der Waals surface area (Å²) < 4.78 is 23.4. The van der Waals surface area contributed by atoms with Gasteiger partial charge in [0, 0.05) is 18.2 Å². The van der Waals surface area contributed by atoms with Gasteiger partial charge in [0.2, 0.25) is 0 Å². The number of rotatable bonds is 3. The zero-order valence-corrected chi connectivity index (χ0v) is 12.9. The number of hydrogen-bond donors (Lipinski definition) is 2. The maximum absolute atomic E-state index is 11.9. The smallest absolute Gasteiger partial charge is 0.251 e. The summed E-state index contributed by atoms with van der Waals surface area (Å²) in [6, 6.07) is 5.90. The van der Waals surface area contributed by atoms with Crippen LogP contribution in [0.5, 0.6) is 0 Å². The molecule has 0 spiro atoms. The molecule has 1 aromatic rings. The fourth-order valence-electron chi connectivity index (χ4n) is 3.38. The SMILES string of the molecule is CNC(c1ccc2c(c1)C(=O)NCC2)C1CCS(=O)(=O)C1. The molecule has 114 valence electrons. The van der Waals surface area contributed by atoms with E-state index >= 15 is 0 Å². The van der Waals surface area contributed by atoms with Gasteiger partial charge in [0.15, 0.2) is 9.84 Å². The number of benzene rings is 1. The predicted octanol–water partition coefficient (Wildman–Crippen LogP) is 0.668. The molecule has 0 saturated carbocycles. The Morgan fingerprint density at radius 3 is 2.86 bits per heavy atom. The maximum atomic E-state index is 11.9. The van der Waals surface area contributed by atoms with Crippen molar-refractivity contribution in [1.29, 1.82) is 0 Å². The molecular formula is C15H20N2O3S. The van der Waals surface area contributed by atoms with E-state index in [1.165, 1.54) is 0 Å². The molecule has 0 aliphatic carbocycles. The van der Waals surface area contributed by atoms with Gasteiger partial charge in [-0.2, -0.15) is 0 Å². The van der Waals surface area contributed by atoms with Crippen LogP contribution >= 0.6 is 0 Å². The highest BCUT2D eigenvalue weighted by Gasteiger charge is 2.34. The number of carbonyl (C=O) groups is 1. The molecule has 2 aliphatic heterocycles. The van der Waals surface area contributed by atoms with Crippen LogP contribution in [0, 0.1) is 5.92 Å². The van der Waals surface area contributed by atoms with Gasteiger partial charge < -0.3 is 10.6 Å². The van der Waals surface area contributed by atoms with Gasteiger partial charge >= 0.3 is 0 Å². The Kier molecular flexibility index (Phi) is 3.75. The van der Waals surface area contributed by atoms with Gasteiger partial charge in [-0.05, 0) is 43.0 Å². The number of carbonyl (C=O) groups excluding carboxylic acids is 1. The van der Waals surface area contributed by atoms with Gasteiger partial charge in [-0.25, -0.2) is 8.42 Å². The summed E-state index contributed by atoms with van der Waals surface area (Å²) in [4.78, 5) is 11.9. The number of nitrogens with one attached hydrogen (secondary N) is 2. The van der Waals surface area contributed by atoms with Crippen molar-refractivity contribution in [2.24, 2.45) is 5.92 Å². The lowest BCUT2D eigenvalue weighted by Gasteiger charge is -2.25. The van der Waals surface area contributed by atoms with Crippen LogP contribution in [0.4, 0.5) is 0 Å². The second-order valence-electron chi connectivity index (χ2n) is 5.85. The Bertz CT molecular complexity index is 669. The van der Waals surface area contributed by atoms with Gasteiger partial charge in [-0.1, -0.05) is 12.1 Å². The summed E-state index contributed by atoms with van der Waals surface area (Å²) in [5, 5.41) is 6.07. The van der Waals surface area contributed by atoms with Gasteiger partial charge in [-0.15, -0.1) is 0 Å². The van der Waals surface area contributed by atoms with Crippen LogP contribution in [0.3, 0.4) is 0 Å². The Morgan fingerprint density at radius 2 is 2.19 bits per heavy atom. The molecule has 0 aromatic heterocycles. The minimum atomic E-state index is -2.91. The molecular weight excluding hydrogens is 288 g/mol. The minimum absolute atomic E-state index is 0.0256. The summed E-state index contributed by atoms with van der Waals surface area (Å²) in [7, 11) is -1.06. The first-order chi connectivity index (χ1) is 10.00. The summed E-state index contributed by atoms with van der Waals surface area (Å²) in [6.07, 6.45) is 1.53. The fraction of sp³-hybridized carbons (Fsp3) is 0.533. The van der Waals surface area contributed by atoms with Crippen LogP contribution in [0.1, 0.15) is 33.9 Å². The van der Waals surface area contributed by atoms with Crippen LogP contribution < -0.4 is 10.6 Å². The molecule has 1 fully saturated rings. The van der Waals surface area contributed by atoms with Crippen molar-refractivity contribution < 1.29 is 13.2 Å². The van der Waals surface area contributed by atoms with Gasteiger partial charge in [0.25, 0.3) is 5.91 Å². The molecule has 5 nitrogen and oxygen atoms in total. The summed E-state index contributed by atoms with van der Waals surface area (Å²) in [6.45, 7) is 0.682. The summed E-state index contributed by atoms with van der Waals surface area (Å²) in [5.74, 6) is 0.528. The number of amides is 1. The standard InChI is InChI=1S/C15H20N2O3S/c1-16-14(12-5-7-21(19,20)9-12)11-3-2-10-4-6-17-15(18)13(10)8-11/h2-3,8,12,14,16H,4-7,9H2,1H3,(H,17,18). The lowest BCUT2D eigenvalue weighted by Crippen LogP contribution is -2.32. The van der Waals surface area contributed by atoms with Crippen LogP contribution in [0.15, 0.2) is 18.2 Å². The van der Waals surface area contributed by atoms with Crippen molar-refractivity contribution in [2.75, 3.05) is 25.1 Å². The van der Waals surface area contributed by atoms with Gasteiger partial charge in [0.05, 0.1) is 11.5 Å². The molecule has 2 aliphatic rings. The second-order valence-corrected chi connectivity index (χ2v) is 8.08. The number of fused-ring (bicyclic) bond motifs is 1. The molecule has 2 heterocycles. The Hall–Kier alpha value is -1.40. The molecule has 1 amide bonds. The van der Waals surface area contributed by atoms with E-state index in [-0.39, 0.29) is 29.4 Å². The average molecular weight is 308 g/mol. The van der Waals surface area contributed by atoms with E-state index in [0.717, 1.165) is 23.1 Å². The first-order valence-electron chi connectivity index (χ1n) is 7.29. The predicted molar refractivity (Wildman–Crippen MR) is 81.0 cm³/mol. The molecule has 0 bridgehead atoms. The van der Waals surface area contributed by atoms with Gasteiger partial charge in [0.1, 0.15) is 0 Å². The average Bonchev–Trinajstić information content (AvgIpc) is 2.81. The molecule has 2 N–H and O–H groups in total. The van der Waals surface area contributed by atoms with Crippen molar-refractivity contribution in [3.63, 3.8) is 0 Å². The highest BCUT2D eigenvalue weighted by Crippen LogP contribution is 2.32. The highest BCUT2D eigenvalue weighted by atomic mass is 32.2. The molecule has 2 atom stereocenters. The second kappa shape index (κ2) is 5.42. The molecule has 0 radical (unpaired) electrons. The van der Waals surface area contributed by atoms with Crippen LogP contribution in [-0.2, 0) is 16.3 Å². The topological polar surface area (TPSA) is 75.3 Å². The van der Waals surface area contributed by atoms with E-state index in [0.29, 0.717) is 13.0 Å². The molecule has 6 heteroatoms. The minimum Gasteiger partial charge on any atom is -0.352 e. The molecule has 3 rings (SSSR count). The Balaban J connectivity index is 1.91. The highest BCUT2D eigenvalue weighted by molar-refractivity contribution is 7.91. The third kappa shape index (κ3) is 2.82. The molecule has 2 unspecified atom stereocenters. The first-order valence-corrected chi connectivity index (χ1v) is 9.11. The van der Waals surface area contributed by atoms with Gasteiger partial charge in [-0.3, -0.25) is 4.79 Å². The third-order valence-electron chi connectivity index (χ3n) is 4.47. The number of sulfone groups is 1. The van der Waals surface area contributed by atoms with Crippen molar-refractivity contribution in [3.05, 3.63) is 34.9 Å².